The largest absolute Gasteiger partial charge is 0.330 e. The van der Waals surface area contributed by atoms with Crippen LogP contribution < -0.4 is 5.73 Å². The number of Topliss-reactive ketones (excluding diaryl/α,β-unsaturated/α-hetero) is 1. The Morgan fingerprint density at radius 1 is 1.77 bits per heavy atom. The average Bonchev–Trinajstić information content (AvgIpc) is 2.51. The molecule has 0 radical (unpaired) electrons. The van der Waals surface area contributed by atoms with Gasteiger partial charge in [0.1, 0.15) is 5.69 Å². The second kappa shape index (κ2) is 4.18. The van der Waals surface area contributed by atoms with Gasteiger partial charge in [0.25, 0.3) is 0 Å². The number of aryl methyl sites for hydroxylation is 1. The molecule has 0 aromatic carbocycles. The van der Waals surface area contributed by atoms with Crippen LogP contribution in [0.2, 0.25) is 0 Å². The maximum Gasteiger partial charge on any atom is 0.181 e. The first kappa shape index (κ1) is 9.92. The fourth-order valence-electron chi connectivity index (χ4n) is 1.15. The van der Waals surface area contributed by atoms with Crippen molar-refractivity contribution in [2.45, 2.75) is 13.3 Å². The third kappa shape index (κ3) is 2.39. The molecule has 1 atom stereocenters. The number of aromatic nitrogens is 2. The number of nitrogens with zero attached hydrogens (tertiary/aromatic N) is 2. The van der Waals surface area contributed by atoms with Gasteiger partial charge in [-0.2, -0.15) is 5.10 Å². The molecule has 0 spiro atoms. The van der Waals surface area contributed by atoms with E-state index in [0.717, 1.165) is 0 Å². The maximum atomic E-state index is 11.6. The highest BCUT2D eigenvalue weighted by Gasteiger charge is 2.12. The normalized spacial score (nSPS) is 12.8. The van der Waals surface area contributed by atoms with Gasteiger partial charge in [-0.05, 0) is 18.5 Å². The molecular weight excluding hydrogens is 166 g/mol. The van der Waals surface area contributed by atoms with Crippen LogP contribution in [0.3, 0.4) is 0 Å². The Morgan fingerprint density at radius 2 is 2.46 bits per heavy atom. The minimum absolute atomic E-state index is 0.109. The van der Waals surface area contributed by atoms with Crippen molar-refractivity contribution in [1.82, 2.24) is 9.78 Å². The fourth-order valence-corrected chi connectivity index (χ4v) is 1.15. The molecule has 0 aliphatic heterocycles. The van der Waals surface area contributed by atoms with Crippen LogP contribution >= 0.6 is 0 Å². The van der Waals surface area contributed by atoms with Gasteiger partial charge in [0, 0.05) is 19.7 Å². The third-order valence-corrected chi connectivity index (χ3v) is 2.04. The summed E-state index contributed by atoms with van der Waals surface area (Å²) in [5, 5.41) is 3.94. The van der Waals surface area contributed by atoms with Crippen molar-refractivity contribution in [1.29, 1.82) is 0 Å². The maximum absolute atomic E-state index is 11.6. The smallest absolute Gasteiger partial charge is 0.181 e. The van der Waals surface area contributed by atoms with Gasteiger partial charge in [-0.25, -0.2) is 0 Å². The summed E-state index contributed by atoms with van der Waals surface area (Å²) in [4.78, 5) is 11.6. The number of hydrogen-bond donors (Lipinski definition) is 1. The van der Waals surface area contributed by atoms with E-state index in [1.165, 1.54) is 0 Å². The van der Waals surface area contributed by atoms with Crippen LogP contribution in [0.25, 0.3) is 0 Å². The molecule has 0 aliphatic carbocycles. The predicted molar refractivity (Wildman–Crippen MR) is 50.4 cm³/mol. The molecule has 1 rings (SSSR count). The molecule has 0 bridgehead atoms. The van der Waals surface area contributed by atoms with Gasteiger partial charge in [0.2, 0.25) is 0 Å². The third-order valence-electron chi connectivity index (χ3n) is 2.04. The molecule has 4 heteroatoms. The number of carbonyl (C=O) groups is 1. The summed E-state index contributed by atoms with van der Waals surface area (Å²) in [6.45, 7) is 2.51. The lowest BCUT2D eigenvalue weighted by atomic mass is 10.0. The van der Waals surface area contributed by atoms with Gasteiger partial charge < -0.3 is 5.73 Å². The van der Waals surface area contributed by atoms with Crippen LogP contribution in [0.5, 0.6) is 0 Å². The first-order valence-electron chi connectivity index (χ1n) is 4.36. The lowest BCUT2D eigenvalue weighted by molar-refractivity contribution is 0.0956. The summed E-state index contributed by atoms with van der Waals surface area (Å²) in [5.41, 5.74) is 6.09. The summed E-state index contributed by atoms with van der Waals surface area (Å²) in [6, 6.07) is 1.73. The van der Waals surface area contributed by atoms with E-state index in [2.05, 4.69) is 5.10 Å². The van der Waals surface area contributed by atoms with Crippen molar-refractivity contribution in [3.05, 3.63) is 18.0 Å². The van der Waals surface area contributed by atoms with Crippen molar-refractivity contribution in [2.75, 3.05) is 6.54 Å². The Labute approximate surface area is 77.7 Å². The van der Waals surface area contributed by atoms with Crippen molar-refractivity contribution in [3.8, 4) is 0 Å². The van der Waals surface area contributed by atoms with Crippen LogP contribution in [-0.4, -0.2) is 22.1 Å². The van der Waals surface area contributed by atoms with E-state index in [1.54, 1.807) is 24.0 Å². The average molecular weight is 181 g/mol. The summed E-state index contributed by atoms with van der Waals surface area (Å²) in [7, 11) is 1.76. The minimum Gasteiger partial charge on any atom is -0.330 e. The highest BCUT2D eigenvalue weighted by molar-refractivity contribution is 5.94. The highest BCUT2D eigenvalue weighted by atomic mass is 16.1. The quantitative estimate of drug-likeness (QED) is 0.691. The topological polar surface area (TPSA) is 60.9 Å². The number of rotatable bonds is 4. The van der Waals surface area contributed by atoms with Gasteiger partial charge in [-0.1, -0.05) is 6.92 Å². The second-order valence-corrected chi connectivity index (χ2v) is 3.31. The van der Waals surface area contributed by atoms with Crippen molar-refractivity contribution in [2.24, 2.45) is 18.7 Å². The zero-order valence-electron chi connectivity index (χ0n) is 8.03. The van der Waals surface area contributed by atoms with Gasteiger partial charge in [0.05, 0.1) is 0 Å². The Bertz CT molecular complexity index is 293. The van der Waals surface area contributed by atoms with E-state index in [0.29, 0.717) is 18.7 Å². The van der Waals surface area contributed by atoms with Crippen LogP contribution in [0, 0.1) is 5.92 Å². The van der Waals surface area contributed by atoms with E-state index in [4.69, 9.17) is 5.73 Å². The van der Waals surface area contributed by atoms with Gasteiger partial charge in [0.15, 0.2) is 5.78 Å². The Kier molecular flexibility index (Phi) is 3.19. The number of hydrogen-bond acceptors (Lipinski definition) is 3. The molecule has 72 valence electrons. The molecule has 0 saturated heterocycles. The zero-order chi connectivity index (χ0) is 9.84. The summed E-state index contributed by atoms with van der Waals surface area (Å²) >= 11 is 0. The Morgan fingerprint density at radius 3 is 2.92 bits per heavy atom. The highest BCUT2D eigenvalue weighted by Crippen LogP contribution is 2.07. The molecule has 1 aromatic heterocycles. The molecule has 1 unspecified atom stereocenters. The van der Waals surface area contributed by atoms with E-state index in [9.17, 15) is 4.79 Å². The molecule has 0 fully saturated rings. The molecular formula is C9H15N3O. The lowest BCUT2D eigenvalue weighted by Gasteiger charge is -2.06. The van der Waals surface area contributed by atoms with Crippen molar-refractivity contribution >= 4 is 5.78 Å². The summed E-state index contributed by atoms with van der Waals surface area (Å²) < 4.78 is 1.59. The van der Waals surface area contributed by atoms with E-state index >= 15 is 0 Å². The first-order chi connectivity index (χ1) is 6.15. The number of carbonyl (C=O) groups excluding carboxylic acids is 1. The van der Waals surface area contributed by atoms with E-state index < -0.39 is 0 Å². The molecule has 0 saturated carbocycles. The SMILES string of the molecule is CC(CN)CC(=O)c1ccnn1C. The van der Waals surface area contributed by atoms with Crippen LogP contribution in [-0.2, 0) is 7.05 Å². The van der Waals surface area contributed by atoms with Crippen molar-refractivity contribution in [3.63, 3.8) is 0 Å². The number of nitrogens with two attached hydrogens (primary N) is 1. The fraction of sp³-hybridized carbons (Fsp3) is 0.556. The molecule has 1 heterocycles. The van der Waals surface area contributed by atoms with Crippen LogP contribution in [0.15, 0.2) is 12.3 Å². The predicted octanol–water partition coefficient (Wildman–Crippen LogP) is 0.588. The van der Waals surface area contributed by atoms with Crippen LogP contribution in [0.1, 0.15) is 23.8 Å². The Hall–Kier alpha value is -1.16. The molecule has 13 heavy (non-hydrogen) atoms. The molecule has 0 amide bonds. The first-order valence-corrected chi connectivity index (χ1v) is 4.36. The van der Waals surface area contributed by atoms with Gasteiger partial charge in [-0.3, -0.25) is 9.48 Å². The van der Waals surface area contributed by atoms with Gasteiger partial charge >= 0.3 is 0 Å². The number of ketones is 1. The molecule has 1 aromatic rings. The van der Waals surface area contributed by atoms with Crippen LogP contribution in [0.4, 0.5) is 0 Å². The van der Waals surface area contributed by atoms with E-state index in [1.807, 2.05) is 6.92 Å². The zero-order valence-corrected chi connectivity index (χ0v) is 8.03. The lowest BCUT2D eigenvalue weighted by Crippen LogP contribution is -2.17. The molecule has 2 N–H and O–H groups in total. The standard InChI is InChI=1S/C9H15N3O/c1-7(6-10)5-9(13)8-3-4-11-12(8)2/h3-4,7H,5-6,10H2,1-2H3. The monoisotopic (exact) mass is 181 g/mol. The summed E-state index contributed by atoms with van der Waals surface area (Å²) in [6.07, 6.45) is 2.12. The van der Waals surface area contributed by atoms with E-state index in [-0.39, 0.29) is 11.7 Å². The molecule has 4 nitrogen and oxygen atoms in total. The minimum atomic E-state index is 0.109. The van der Waals surface area contributed by atoms with Crippen molar-refractivity contribution < 1.29 is 4.79 Å². The Balaban J connectivity index is 2.64. The summed E-state index contributed by atoms with van der Waals surface area (Å²) in [5.74, 6) is 0.348. The second-order valence-electron chi connectivity index (χ2n) is 3.31. The molecule has 0 aliphatic rings. The van der Waals surface area contributed by atoms with Gasteiger partial charge in [-0.15, -0.1) is 0 Å².